The minimum atomic E-state index is -5.10. The Hall–Kier alpha value is -2.36. The van der Waals surface area contributed by atoms with Crippen molar-refractivity contribution in [2.45, 2.75) is 4.90 Å². The molecule has 2 aromatic carbocycles. The molecule has 0 bridgehead atoms. The summed E-state index contributed by atoms with van der Waals surface area (Å²) in [6.45, 7) is 0. The van der Waals surface area contributed by atoms with Crippen molar-refractivity contribution in [1.82, 2.24) is 0 Å². The number of rotatable bonds is 4. The van der Waals surface area contributed by atoms with E-state index in [0.29, 0.717) is 0 Å². The van der Waals surface area contributed by atoms with Gasteiger partial charge < -0.3 is 4.74 Å². The molecule has 0 amide bonds. The fraction of sp³-hybridized carbons (Fsp3) is 0.0769. The molecule has 0 heterocycles. The Kier molecular flexibility index (Phi) is 4.46. The summed E-state index contributed by atoms with van der Waals surface area (Å²) in [7, 11) is -3.90. The number of hydrogen-bond acceptors (Lipinski definition) is 3. The molecule has 0 saturated heterocycles. The van der Waals surface area contributed by atoms with Gasteiger partial charge in [0.25, 0.3) is 10.0 Å². The largest absolute Gasteiger partial charge is 0.495 e. The molecule has 1 N–H and O–H groups in total. The number of para-hydroxylation sites is 2. The average Bonchev–Trinajstić information content (AvgIpc) is 2.51. The molecular weight excluding hydrogens is 345 g/mol. The number of halogens is 5. The van der Waals surface area contributed by atoms with Gasteiger partial charge in [-0.3, -0.25) is 4.72 Å². The van der Waals surface area contributed by atoms with Gasteiger partial charge in [-0.15, -0.1) is 0 Å². The highest BCUT2D eigenvalue weighted by Crippen LogP contribution is 2.30. The lowest BCUT2D eigenvalue weighted by Crippen LogP contribution is -2.19. The van der Waals surface area contributed by atoms with E-state index in [0.717, 1.165) is 0 Å². The summed E-state index contributed by atoms with van der Waals surface area (Å²) in [4.78, 5) is -1.97. The van der Waals surface area contributed by atoms with E-state index in [9.17, 15) is 30.4 Å². The molecule has 0 spiro atoms. The zero-order valence-corrected chi connectivity index (χ0v) is 12.1. The van der Waals surface area contributed by atoms with Crippen molar-refractivity contribution in [1.29, 1.82) is 0 Å². The van der Waals surface area contributed by atoms with Crippen LogP contribution in [0.25, 0.3) is 0 Å². The first-order chi connectivity index (χ1) is 10.7. The number of benzene rings is 2. The van der Waals surface area contributed by atoms with Crippen LogP contribution in [0.5, 0.6) is 5.75 Å². The highest BCUT2D eigenvalue weighted by atomic mass is 32.2. The summed E-state index contributed by atoms with van der Waals surface area (Å²) in [5.74, 6) is -12.1. The minimum Gasteiger partial charge on any atom is -0.495 e. The van der Waals surface area contributed by atoms with Crippen molar-refractivity contribution in [2.75, 3.05) is 11.8 Å². The maximum Gasteiger partial charge on any atom is 0.268 e. The van der Waals surface area contributed by atoms with E-state index in [1.54, 1.807) is 4.72 Å². The van der Waals surface area contributed by atoms with E-state index in [1.165, 1.54) is 31.4 Å². The maximum atomic E-state index is 13.6. The summed E-state index contributed by atoms with van der Waals surface area (Å²) < 4.78 is 97.1. The predicted molar refractivity (Wildman–Crippen MR) is 70.0 cm³/mol. The second-order valence-corrected chi connectivity index (χ2v) is 5.82. The molecule has 0 aliphatic carbocycles. The van der Waals surface area contributed by atoms with Crippen molar-refractivity contribution in [2.24, 2.45) is 0 Å². The van der Waals surface area contributed by atoms with E-state index >= 15 is 0 Å². The predicted octanol–water partition coefficient (Wildman–Crippen LogP) is 3.19. The molecule has 2 aromatic rings. The van der Waals surface area contributed by atoms with Crippen LogP contribution >= 0.6 is 0 Å². The number of hydrogen-bond donors (Lipinski definition) is 1. The Bertz CT molecular complexity index is 841. The minimum absolute atomic E-state index is 0.0139. The van der Waals surface area contributed by atoms with Gasteiger partial charge in [0.2, 0.25) is 5.82 Å². The SMILES string of the molecule is COc1ccccc1NS(=O)(=O)c1c(F)c(F)c(F)c(F)c1F. The topological polar surface area (TPSA) is 55.4 Å². The van der Waals surface area contributed by atoms with Gasteiger partial charge >= 0.3 is 0 Å². The van der Waals surface area contributed by atoms with Gasteiger partial charge in [0.15, 0.2) is 28.2 Å². The summed E-state index contributed by atoms with van der Waals surface area (Å²) in [6, 6.07) is 5.37. The summed E-state index contributed by atoms with van der Waals surface area (Å²) in [6.07, 6.45) is 0. The van der Waals surface area contributed by atoms with Crippen LogP contribution in [0.1, 0.15) is 0 Å². The number of methoxy groups -OCH3 is 1. The first kappa shape index (κ1) is 17.0. The van der Waals surface area contributed by atoms with Crippen LogP contribution in [0.2, 0.25) is 0 Å². The fourth-order valence-corrected chi connectivity index (χ4v) is 2.96. The van der Waals surface area contributed by atoms with E-state index in [2.05, 4.69) is 0 Å². The van der Waals surface area contributed by atoms with Gasteiger partial charge in [-0.2, -0.15) is 0 Å². The molecule has 0 aliphatic rings. The van der Waals surface area contributed by atoms with Crippen molar-refractivity contribution in [3.63, 3.8) is 0 Å². The molecule has 124 valence electrons. The first-order valence-corrected chi connectivity index (χ1v) is 7.36. The molecule has 0 atom stereocenters. The molecule has 0 aliphatic heterocycles. The third-order valence-electron chi connectivity index (χ3n) is 2.79. The summed E-state index contributed by atoms with van der Waals surface area (Å²) in [5.41, 5.74) is -0.237. The molecular formula is C13H8F5NO3S. The Morgan fingerprint density at radius 2 is 1.35 bits per heavy atom. The van der Waals surface area contributed by atoms with Crippen molar-refractivity contribution < 1.29 is 35.1 Å². The average molecular weight is 353 g/mol. The normalized spacial score (nSPS) is 11.4. The van der Waals surface area contributed by atoms with E-state index in [1.807, 2.05) is 0 Å². The third-order valence-corrected chi connectivity index (χ3v) is 4.17. The van der Waals surface area contributed by atoms with Crippen molar-refractivity contribution in [3.05, 3.63) is 53.4 Å². The van der Waals surface area contributed by atoms with Gasteiger partial charge in [0, 0.05) is 0 Å². The van der Waals surface area contributed by atoms with Gasteiger partial charge in [-0.05, 0) is 12.1 Å². The van der Waals surface area contributed by atoms with Crippen LogP contribution < -0.4 is 9.46 Å². The second kappa shape index (κ2) is 6.03. The fourth-order valence-electron chi connectivity index (χ4n) is 1.75. The Morgan fingerprint density at radius 3 is 1.87 bits per heavy atom. The molecule has 0 fully saturated rings. The van der Waals surface area contributed by atoms with Crippen LogP contribution in [-0.2, 0) is 10.0 Å². The molecule has 0 saturated carbocycles. The third kappa shape index (κ3) is 2.93. The summed E-state index contributed by atoms with van der Waals surface area (Å²) in [5, 5.41) is 0. The zero-order chi connectivity index (χ0) is 17.4. The first-order valence-electron chi connectivity index (χ1n) is 5.88. The number of ether oxygens (including phenoxy) is 1. The molecule has 10 heteroatoms. The van der Waals surface area contributed by atoms with Gasteiger partial charge in [0.05, 0.1) is 12.8 Å². The van der Waals surface area contributed by atoms with Gasteiger partial charge in [-0.1, -0.05) is 12.1 Å². The zero-order valence-electron chi connectivity index (χ0n) is 11.3. The molecule has 23 heavy (non-hydrogen) atoms. The van der Waals surface area contributed by atoms with E-state index in [4.69, 9.17) is 4.74 Å². The smallest absolute Gasteiger partial charge is 0.268 e. The van der Waals surface area contributed by atoms with Crippen LogP contribution in [0, 0.1) is 29.1 Å². The van der Waals surface area contributed by atoms with Crippen molar-refractivity contribution >= 4 is 15.7 Å². The quantitative estimate of drug-likeness (QED) is 0.522. The Labute approximate surface area is 127 Å². The molecule has 0 unspecified atom stereocenters. The monoisotopic (exact) mass is 353 g/mol. The molecule has 0 aromatic heterocycles. The lowest BCUT2D eigenvalue weighted by atomic mass is 10.3. The number of anilines is 1. The highest BCUT2D eigenvalue weighted by Gasteiger charge is 2.33. The van der Waals surface area contributed by atoms with Gasteiger partial charge in [0.1, 0.15) is 5.75 Å². The number of nitrogens with one attached hydrogen (secondary N) is 1. The molecule has 0 radical (unpaired) electrons. The van der Waals surface area contributed by atoms with Crippen LogP contribution in [0.4, 0.5) is 27.6 Å². The van der Waals surface area contributed by atoms with E-state index < -0.39 is 44.0 Å². The second-order valence-electron chi connectivity index (χ2n) is 4.20. The van der Waals surface area contributed by atoms with Crippen molar-refractivity contribution in [3.8, 4) is 5.75 Å². The summed E-state index contributed by atoms with van der Waals surface area (Å²) >= 11 is 0. The highest BCUT2D eigenvalue weighted by molar-refractivity contribution is 7.92. The molecule has 4 nitrogen and oxygen atoms in total. The molecule has 2 rings (SSSR count). The maximum absolute atomic E-state index is 13.6. The Balaban J connectivity index is 2.62. The van der Waals surface area contributed by atoms with Crippen LogP contribution in [0.15, 0.2) is 29.2 Å². The lowest BCUT2D eigenvalue weighted by Gasteiger charge is -2.13. The van der Waals surface area contributed by atoms with Gasteiger partial charge in [-0.25, -0.2) is 30.4 Å². The van der Waals surface area contributed by atoms with Crippen LogP contribution in [0.3, 0.4) is 0 Å². The lowest BCUT2D eigenvalue weighted by molar-refractivity contribution is 0.358. The Morgan fingerprint density at radius 1 is 0.870 bits per heavy atom. The van der Waals surface area contributed by atoms with E-state index in [-0.39, 0.29) is 11.4 Å². The number of sulfonamides is 1. The van der Waals surface area contributed by atoms with Crippen LogP contribution in [-0.4, -0.2) is 15.5 Å². The standard InChI is InChI=1S/C13H8F5NO3S/c1-22-7-5-3-2-4-6(7)19-23(20,21)13-11(17)9(15)8(14)10(16)12(13)18/h2-5,19H,1H3.